The minimum atomic E-state index is 0. The van der Waals surface area contributed by atoms with E-state index in [0.717, 1.165) is 25.9 Å². The van der Waals surface area contributed by atoms with Crippen molar-refractivity contribution >= 4 is 18.3 Å². The van der Waals surface area contributed by atoms with E-state index in [1.165, 1.54) is 32.1 Å². The van der Waals surface area contributed by atoms with Crippen LogP contribution in [0.2, 0.25) is 0 Å². The van der Waals surface area contributed by atoms with Gasteiger partial charge in [-0.15, -0.1) is 12.4 Å². The van der Waals surface area contributed by atoms with Gasteiger partial charge in [0.25, 0.3) is 0 Å². The van der Waals surface area contributed by atoms with Gasteiger partial charge < -0.3 is 10.6 Å². The minimum Gasteiger partial charge on any atom is -0.356 e. The number of carbonyl (C=O) groups excluding carboxylic acids is 1. The molecule has 16 heavy (non-hydrogen) atoms. The number of carbonyl (C=O) groups is 1. The topological polar surface area (TPSA) is 41.1 Å². The summed E-state index contributed by atoms with van der Waals surface area (Å²) < 4.78 is 0. The Morgan fingerprint density at radius 3 is 2.50 bits per heavy atom. The van der Waals surface area contributed by atoms with E-state index in [2.05, 4.69) is 10.6 Å². The molecule has 96 valence electrons. The van der Waals surface area contributed by atoms with Gasteiger partial charge in [-0.05, 0) is 38.8 Å². The second-order valence-electron chi connectivity index (χ2n) is 4.52. The summed E-state index contributed by atoms with van der Waals surface area (Å²) in [5.41, 5.74) is 0. The Morgan fingerprint density at radius 1 is 1.19 bits per heavy atom. The van der Waals surface area contributed by atoms with E-state index in [4.69, 9.17) is 0 Å². The summed E-state index contributed by atoms with van der Waals surface area (Å²) in [5.74, 6) is 0.904. The molecule has 0 aliphatic heterocycles. The van der Waals surface area contributed by atoms with Crippen LogP contribution in [0.25, 0.3) is 0 Å². The molecule has 1 rings (SSSR count). The van der Waals surface area contributed by atoms with E-state index < -0.39 is 0 Å². The van der Waals surface area contributed by atoms with E-state index in [-0.39, 0.29) is 18.3 Å². The number of hydrogen-bond donors (Lipinski definition) is 2. The largest absolute Gasteiger partial charge is 0.356 e. The quantitative estimate of drug-likeness (QED) is 0.707. The van der Waals surface area contributed by atoms with Gasteiger partial charge >= 0.3 is 0 Å². The van der Waals surface area contributed by atoms with Crippen molar-refractivity contribution in [3.63, 3.8) is 0 Å². The van der Waals surface area contributed by atoms with Crippen LogP contribution in [0, 0.1) is 5.92 Å². The highest BCUT2D eigenvalue weighted by molar-refractivity contribution is 5.85. The molecule has 0 atom stereocenters. The van der Waals surface area contributed by atoms with E-state index in [1.807, 2.05) is 7.05 Å². The molecule has 1 amide bonds. The standard InChI is InChI=1S/C12H24N2O.ClH/c1-13-8-5-9-14-12(15)10-11-6-3-2-4-7-11;/h11,13H,2-10H2,1H3,(H,14,15);1H. The molecule has 0 aromatic heterocycles. The molecule has 1 fully saturated rings. The van der Waals surface area contributed by atoms with Gasteiger partial charge in [-0.1, -0.05) is 19.3 Å². The fourth-order valence-corrected chi connectivity index (χ4v) is 2.22. The molecule has 3 nitrogen and oxygen atoms in total. The maximum Gasteiger partial charge on any atom is 0.220 e. The van der Waals surface area contributed by atoms with Gasteiger partial charge in [0.15, 0.2) is 0 Å². The van der Waals surface area contributed by atoms with Crippen molar-refractivity contribution in [3.05, 3.63) is 0 Å². The number of amides is 1. The van der Waals surface area contributed by atoms with Crippen molar-refractivity contribution in [1.29, 1.82) is 0 Å². The van der Waals surface area contributed by atoms with Crippen LogP contribution in [0.15, 0.2) is 0 Å². The number of hydrogen-bond acceptors (Lipinski definition) is 2. The van der Waals surface area contributed by atoms with Gasteiger partial charge in [-0.2, -0.15) is 0 Å². The predicted molar refractivity (Wildman–Crippen MR) is 70.0 cm³/mol. The molecule has 0 aromatic carbocycles. The third kappa shape index (κ3) is 7.07. The second-order valence-corrected chi connectivity index (χ2v) is 4.52. The van der Waals surface area contributed by atoms with Crippen LogP contribution < -0.4 is 10.6 Å². The SMILES string of the molecule is CNCCCNC(=O)CC1CCCCC1.Cl. The van der Waals surface area contributed by atoms with E-state index in [0.29, 0.717) is 5.92 Å². The Morgan fingerprint density at radius 2 is 1.88 bits per heavy atom. The maximum atomic E-state index is 11.5. The van der Waals surface area contributed by atoms with Crippen molar-refractivity contribution in [1.82, 2.24) is 10.6 Å². The summed E-state index contributed by atoms with van der Waals surface area (Å²) in [7, 11) is 1.93. The highest BCUT2D eigenvalue weighted by Crippen LogP contribution is 2.25. The molecular formula is C12H25ClN2O. The van der Waals surface area contributed by atoms with Gasteiger partial charge in [0.2, 0.25) is 5.91 Å². The zero-order valence-electron chi connectivity index (χ0n) is 10.3. The molecule has 0 aromatic rings. The molecular weight excluding hydrogens is 224 g/mol. The highest BCUT2D eigenvalue weighted by atomic mass is 35.5. The lowest BCUT2D eigenvalue weighted by Crippen LogP contribution is -2.28. The van der Waals surface area contributed by atoms with Crippen LogP contribution in [-0.4, -0.2) is 26.0 Å². The smallest absolute Gasteiger partial charge is 0.220 e. The molecule has 1 aliphatic carbocycles. The van der Waals surface area contributed by atoms with Crippen LogP contribution in [-0.2, 0) is 4.79 Å². The normalized spacial score (nSPS) is 16.6. The van der Waals surface area contributed by atoms with Crippen molar-refractivity contribution in [3.8, 4) is 0 Å². The van der Waals surface area contributed by atoms with Gasteiger partial charge in [-0.25, -0.2) is 0 Å². The molecule has 0 spiro atoms. The summed E-state index contributed by atoms with van der Waals surface area (Å²) in [5, 5.41) is 6.06. The predicted octanol–water partition coefficient (Wildman–Crippen LogP) is 2.10. The first-order chi connectivity index (χ1) is 7.33. The third-order valence-corrected chi connectivity index (χ3v) is 3.12. The fourth-order valence-electron chi connectivity index (χ4n) is 2.22. The average molecular weight is 249 g/mol. The number of nitrogens with one attached hydrogen (secondary N) is 2. The summed E-state index contributed by atoms with van der Waals surface area (Å²) in [6, 6.07) is 0. The average Bonchev–Trinajstić information content (AvgIpc) is 2.26. The first kappa shape index (κ1) is 15.7. The Balaban J connectivity index is 0.00000225. The molecule has 2 N–H and O–H groups in total. The molecule has 0 heterocycles. The second kappa shape index (κ2) is 9.91. The summed E-state index contributed by atoms with van der Waals surface area (Å²) in [4.78, 5) is 11.5. The first-order valence-electron chi connectivity index (χ1n) is 6.24. The van der Waals surface area contributed by atoms with Crippen molar-refractivity contribution < 1.29 is 4.79 Å². The van der Waals surface area contributed by atoms with Crippen molar-refractivity contribution in [2.24, 2.45) is 5.92 Å². The Kier molecular flexibility index (Phi) is 9.74. The zero-order chi connectivity index (χ0) is 10.9. The summed E-state index contributed by atoms with van der Waals surface area (Å²) >= 11 is 0. The highest BCUT2D eigenvalue weighted by Gasteiger charge is 2.16. The van der Waals surface area contributed by atoms with Crippen LogP contribution in [0.3, 0.4) is 0 Å². The zero-order valence-corrected chi connectivity index (χ0v) is 11.1. The first-order valence-corrected chi connectivity index (χ1v) is 6.24. The molecule has 0 unspecified atom stereocenters. The van der Waals surface area contributed by atoms with Crippen LogP contribution in [0.1, 0.15) is 44.9 Å². The minimum absolute atomic E-state index is 0. The molecule has 0 saturated heterocycles. The van der Waals surface area contributed by atoms with Crippen molar-refractivity contribution in [2.45, 2.75) is 44.9 Å². The lowest BCUT2D eigenvalue weighted by molar-refractivity contribution is -0.122. The van der Waals surface area contributed by atoms with E-state index in [9.17, 15) is 4.79 Å². The Hall–Kier alpha value is -0.280. The number of halogens is 1. The summed E-state index contributed by atoms with van der Waals surface area (Å²) in [6.07, 6.45) is 8.27. The van der Waals surface area contributed by atoms with E-state index in [1.54, 1.807) is 0 Å². The monoisotopic (exact) mass is 248 g/mol. The Labute approximate surface area is 105 Å². The van der Waals surface area contributed by atoms with Crippen LogP contribution in [0.5, 0.6) is 0 Å². The van der Waals surface area contributed by atoms with Crippen LogP contribution >= 0.6 is 12.4 Å². The lowest BCUT2D eigenvalue weighted by Gasteiger charge is -2.20. The van der Waals surface area contributed by atoms with Gasteiger partial charge in [0.05, 0.1) is 0 Å². The molecule has 1 aliphatic rings. The Bertz CT molecular complexity index is 182. The number of rotatable bonds is 6. The lowest BCUT2D eigenvalue weighted by atomic mass is 9.87. The van der Waals surface area contributed by atoms with Gasteiger partial charge in [0.1, 0.15) is 0 Å². The van der Waals surface area contributed by atoms with Gasteiger partial charge in [-0.3, -0.25) is 4.79 Å². The van der Waals surface area contributed by atoms with E-state index >= 15 is 0 Å². The fraction of sp³-hybridized carbons (Fsp3) is 0.917. The summed E-state index contributed by atoms with van der Waals surface area (Å²) in [6.45, 7) is 1.79. The third-order valence-electron chi connectivity index (χ3n) is 3.12. The molecule has 0 bridgehead atoms. The maximum absolute atomic E-state index is 11.5. The molecule has 1 saturated carbocycles. The molecule has 0 radical (unpaired) electrons. The van der Waals surface area contributed by atoms with Crippen molar-refractivity contribution in [2.75, 3.05) is 20.1 Å². The van der Waals surface area contributed by atoms with Crippen LogP contribution in [0.4, 0.5) is 0 Å². The van der Waals surface area contributed by atoms with Gasteiger partial charge in [0, 0.05) is 13.0 Å². The molecule has 4 heteroatoms.